The number of nitrogens with zero attached hydrogens (tertiary/aromatic N) is 1. The van der Waals surface area contributed by atoms with Crippen LogP contribution in [0.1, 0.15) is 43.2 Å². The smallest absolute Gasteiger partial charge is 0.303 e. The first-order valence-electron chi connectivity index (χ1n) is 8.57. The van der Waals surface area contributed by atoms with Crippen LogP contribution in [-0.2, 0) is 21.2 Å². The van der Waals surface area contributed by atoms with Gasteiger partial charge in [-0.15, -0.1) is 0 Å². The number of carboxylic acids is 1. The van der Waals surface area contributed by atoms with E-state index in [4.69, 9.17) is 5.11 Å². The highest BCUT2D eigenvalue weighted by Crippen LogP contribution is 2.21. The molecule has 0 spiro atoms. The van der Waals surface area contributed by atoms with Crippen molar-refractivity contribution in [2.75, 3.05) is 18.1 Å². The van der Waals surface area contributed by atoms with Crippen LogP contribution < -0.4 is 0 Å². The van der Waals surface area contributed by atoms with Crippen LogP contribution in [0, 0.1) is 6.92 Å². The summed E-state index contributed by atoms with van der Waals surface area (Å²) in [5.41, 5.74) is 2.40. The van der Waals surface area contributed by atoms with E-state index in [0.717, 1.165) is 25.9 Å². The van der Waals surface area contributed by atoms with Gasteiger partial charge in [-0.25, -0.2) is 8.42 Å². The van der Waals surface area contributed by atoms with Gasteiger partial charge in [0.2, 0.25) is 0 Å². The summed E-state index contributed by atoms with van der Waals surface area (Å²) in [6.07, 6.45) is 3.33. The van der Waals surface area contributed by atoms with Crippen LogP contribution in [0.4, 0.5) is 0 Å². The first kappa shape index (κ1) is 18.9. The first-order valence-corrected chi connectivity index (χ1v) is 10.4. The summed E-state index contributed by atoms with van der Waals surface area (Å²) in [5, 5.41) is 8.69. The summed E-state index contributed by atoms with van der Waals surface area (Å²) in [7, 11) is -2.91. The summed E-state index contributed by atoms with van der Waals surface area (Å²) in [5.74, 6) is -0.233. The van der Waals surface area contributed by atoms with Gasteiger partial charge in [0, 0.05) is 19.0 Å². The topological polar surface area (TPSA) is 74.7 Å². The molecule has 0 aromatic heterocycles. The number of hydrogen-bond donors (Lipinski definition) is 1. The lowest BCUT2D eigenvalue weighted by atomic mass is 10.1. The van der Waals surface area contributed by atoms with E-state index < -0.39 is 15.8 Å². The fourth-order valence-corrected chi connectivity index (χ4v) is 4.91. The molecule has 1 fully saturated rings. The van der Waals surface area contributed by atoms with Gasteiger partial charge in [0.1, 0.15) is 0 Å². The Morgan fingerprint density at radius 2 is 1.92 bits per heavy atom. The minimum absolute atomic E-state index is 0.0794. The Kier molecular flexibility index (Phi) is 6.80. The zero-order chi connectivity index (χ0) is 17.6. The number of aliphatic carboxylic acids is 1. The summed E-state index contributed by atoms with van der Waals surface area (Å²) >= 11 is 0. The average Bonchev–Trinajstić information content (AvgIpc) is 2.87. The highest BCUT2D eigenvalue weighted by atomic mass is 32.2. The third-order valence-corrected chi connectivity index (χ3v) is 6.32. The molecule has 1 saturated heterocycles. The van der Waals surface area contributed by atoms with Gasteiger partial charge >= 0.3 is 5.97 Å². The SMILES string of the molecule is Cc1ccc(CN(CCCCCC(=O)O)[C@H]2CCS(=O)(=O)C2)cc1. The van der Waals surface area contributed by atoms with Gasteiger partial charge in [0.15, 0.2) is 9.84 Å². The molecule has 1 aliphatic rings. The van der Waals surface area contributed by atoms with Crippen LogP contribution in [0.5, 0.6) is 0 Å². The van der Waals surface area contributed by atoms with E-state index in [1.165, 1.54) is 11.1 Å². The second kappa shape index (κ2) is 8.62. The molecule has 1 aromatic carbocycles. The van der Waals surface area contributed by atoms with Crippen molar-refractivity contribution in [3.05, 3.63) is 35.4 Å². The molecule has 134 valence electrons. The number of unbranched alkanes of at least 4 members (excludes halogenated alkanes) is 2. The maximum Gasteiger partial charge on any atom is 0.303 e. The summed E-state index contributed by atoms with van der Waals surface area (Å²) in [6.45, 7) is 3.61. The fraction of sp³-hybridized carbons (Fsp3) is 0.611. The second-order valence-corrected chi connectivity index (χ2v) is 8.95. The number of carbonyl (C=O) groups is 1. The predicted molar refractivity (Wildman–Crippen MR) is 94.8 cm³/mol. The van der Waals surface area contributed by atoms with Crippen molar-refractivity contribution >= 4 is 15.8 Å². The van der Waals surface area contributed by atoms with Crippen molar-refractivity contribution in [1.82, 2.24) is 4.90 Å². The molecule has 0 unspecified atom stereocenters. The molecule has 1 N–H and O–H groups in total. The van der Waals surface area contributed by atoms with Gasteiger partial charge in [-0.3, -0.25) is 9.69 Å². The van der Waals surface area contributed by atoms with Gasteiger partial charge in [0.05, 0.1) is 11.5 Å². The number of rotatable bonds is 9. The third kappa shape index (κ3) is 6.24. The zero-order valence-corrected chi connectivity index (χ0v) is 15.1. The van der Waals surface area contributed by atoms with E-state index in [1.54, 1.807) is 0 Å². The van der Waals surface area contributed by atoms with Gasteiger partial charge in [-0.1, -0.05) is 36.2 Å². The second-order valence-electron chi connectivity index (χ2n) is 6.72. The van der Waals surface area contributed by atoms with E-state index in [1.807, 2.05) is 6.92 Å². The Balaban J connectivity index is 1.93. The van der Waals surface area contributed by atoms with Gasteiger partial charge < -0.3 is 5.11 Å². The Hall–Kier alpha value is -1.40. The Labute approximate surface area is 144 Å². The van der Waals surface area contributed by atoms with Gasteiger partial charge in [0.25, 0.3) is 0 Å². The highest BCUT2D eigenvalue weighted by molar-refractivity contribution is 7.91. The van der Waals surface area contributed by atoms with E-state index in [0.29, 0.717) is 12.8 Å². The van der Waals surface area contributed by atoms with Crippen LogP contribution in [0.15, 0.2) is 24.3 Å². The van der Waals surface area contributed by atoms with Crippen LogP contribution in [0.25, 0.3) is 0 Å². The van der Waals surface area contributed by atoms with Crippen molar-refractivity contribution in [3.63, 3.8) is 0 Å². The monoisotopic (exact) mass is 353 g/mol. The molecule has 5 nitrogen and oxygen atoms in total. The first-order chi connectivity index (χ1) is 11.4. The molecule has 0 bridgehead atoms. The number of carboxylic acid groups (broad SMARTS) is 1. The molecular formula is C18H27NO4S. The molecule has 1 aliphatic heterocycles. The molecule has 1 heterocycles. The van der Waals surface area contributed by atoms with Crippen LogP contribution in [-0.4, -0.2) is 48.5 Å². The molecular weight excluding hydrogens is 326 g/mol. The lowest BCUT2D eigenvalue weighted by molar-refractivity contribution is -0.137. The summed E-state index contributed by atoms with van der Waals surface area (Å²) in [4.78, 5) is 12.8. The Morgan fingerprint density at radius 3 is 2.50 bits per heavy atom. The molecule has 6 heteroatoms. The van der Waals surface area contributed by atoms with Crippen molar-refractivity contribution in [2.45, 2.75) is 51.6 Å². The standard InChI is InChI=1S/C18H27NO4S/c1-15-6-8-16(9-7-15)13-19(11-4-2-3-5-18(20)21)17-10-12-24(22,23)14-17/h6-9,17H,2-5,10-14H2,1H3,(H,20,21)/t17-/m0/s1. The van der Waals surface area contributed by atoms with Crippen molar-refractivity contribution in [1.29, 1.82) is 0 Å². The number of hydrogen-bond acceptors (Lipinski definition) is 4. The average molecular weight is 353 g/mol. The molecule has 1 aromatic rings. The quantitative estimate of drug-likeness (QED) is 0.691. The van der Waals surface area contributed by atoms with Gasteiger partial charge in [-0.05, 0) is 38.3 Å². The number of benzene rings is 1. The lowest BCUT2D eigenvalue weighted by Gasteiger charge is -2.28. The van der Waals surface area contributed by atoms with Crippen molar-refractivity contribution < 1.29 is 18.3 Å². The molecule has 1 atom stereocenters. The molecule has 0 aliphatic carbocycles. The normalized spacial score (nSPS) is 19.7. The minimum atomic E-state index is -2.91. The Bertz CT molecular complexity index is 639. The number of aryl methyl sites for hydroxylation is 1. The summed E-state index contributed by atoms with van der Waals surface area (Å²) < 4.78 is 23.6. The van der Waals surface area contributed by atoms with Crippen molar-refractivity contribution in [2.24, 2.45) is 0 Å². The van der Waals surface area contributed by atoms with E-state index in [-0.39, 0.29) is 24.0 Å². The van der Waals surface area contributed by atoms with Gasteiger partial charge in [-0.2, -0.15) is 0 Å². The molecule has 0 amide bonds. The van der Waals surface area contributed by atoms with E-state index >= 15 is 0 Å². The largest absolute Gasteiger partial charge is 0.481 e. The predicted octanol–water partition coefficient (Wildman–Crippen LogP) is 2.63. The fourth-order valence-electron chi connectivity index (χ4n) is 3.15. The highest BCUT2D eigenvalue weighted by Gasteiger charge is 2.31. The molecule has 0 radical (unpaired) electrons. The summed E-state index contributed by atoms with van der Waals surface area (Å²) in [6, 6.07) is 8.42. The van der Waals surface area contributed by atoms with Crippen LogP contribution >= 0.6 is 0 Å². The van der Waals surface area contributed by atoms with E-state index in [9.17, 15) is 13.2 Å². The third-order valence-electron chi connectivity index (χ3n) is 4.57. The van der Waals surface area contributed by atoms with Crippen molar-refractivity contribution in [3.8, 4) is 0 Å². The van der Waals surface area contributed by atoms with Crippen LogP contribution in [0.3, 0.4) is 0 Å². The molecule has 0 saturated carbocycles. The lowest BCUT2D eigenvalue weighted by Crippen LogP contribution is -2.36. The minimum Gasteiger partial charge on any atom is -0.481 e. The van der Waals surface area contributed by atoms with E-state index in [2.05, 4.69) is 29.2 Å². The molecule has 2 rings (SSSR count). The Morgan fingerprint density at radius 1 is 1.21 bits per heavy atom. The zero-order valence-electron chi connectivity index (χ0n) is 14.3. The maximum absolute atomic E-state index is 11.8. The maximum atomic E-state index is 11.8. The van der Waals surface area contributed by atoms with Crippen LogP contribution in [0.2, 0.25) is 0 Å². The molecule has 24 heavy (non-hydrogen) atoms. The number of sulfone groups is 1.